The van der Waals surface area contributed by atoms with E-state index in [1.165, 1.54) is 6.20 Å². The minimum absolute atomic E-state index is 0.0762. The Morgan fingerprint density at radius 2 is 1.89 bits per heavy atom. The van der Waals surface area contributed by atoms with Crippen molar-refractivity contribution in [3.8, 4) is 0 Å². The quantitative estimate of drug-likeness (QED) is 0.323. The monoisotopic (exact) mass is 487 g/mol. The van der Waals surface area contributed by atoms with Gasteiger partial charge in [-0.05, 0) is 49.7 Å². The summed E-state index contributed by atoms with van der Waals surface area (Å²) in [5, 5.41) is 10.9. The number of hydrogen-bond donors (Lipinski definition) is 4. The van der Waals surface area contributed by atoms with Crippen molar-refractivity contribution in [1.29, 1.82) is 0 Å². The van der Waals surface area contributed by atoms with E-state index in [-0.39, 0.29) is 30.1 Å². The third-order valence-corrected chi connectivity index (χ3v) is 5.93. The fraction of sp³-hybridized carbons (Fsp3) is 0.600. The summed E-state index contributed by atoms with van der Waals surface area (Å²) < 4.78 is 0. The number of piperidine rings is 1. The molecule has 1 saturated heterocycles. The summed E-state index contributed by atoms with van der Waals surface area (Å²) in [5.74, 6) is -2.06. The van der Waals surface area contributed by atoms with E-state index in [4.69, 9.17) is 0 Å². The summed E-state index contributed by atoms with van der Waals surface area (Å²) >= 11 is 0. The molecule has 0 saturated carbocycles. The van der Waals surface area contributed by atoms with Crippen LogP contribution in [0.3, 0.4) is 0 Å². The van der Waals surface area contributed by atoms with E-state index in [0.29, 0.717) is 31.2 Å². The second-order valence-electron chi connectivity index (χ2n) is 9.74. The zero-order valence-corrected chi connectivity index (χ0v) is 20.9. The van der Waals surface area contributed by atoms with Gasteiger partial charge < -0.3 is 26.1 Å². The van der Waals surface area contributed by atoms with Gasteiger partial charge in [-0.3, -0.25) is 24.2 Å². The SMILES string of the molecule is CC(C)C[C@H](NC(=O)[C@@H](NC(=O)c1cccnc1)C(C)C)C(=O)N[C@H](C=O)C[C@@H]1CCCNC1=O. The molecule has 2 heterocycles. The maximum atomic E-state index is 13.1. The van der Waals surface area contributed by atoms with E-state index >= 15 is 0 Å². The molecule has 1 aliphatic rings. The van der Waals surface area contributed by atoms with Crippen LogP contribution in [0.2, 0.25) is 0 Å². The van der Waals surface area contributed by atoms with Gasteiger partial charge >= 0.3 is 0 Å². The van der Waals surface area contributed by atoms with Crippen molar-refractivity contribution in [2.24, 2.45) is 17.8 Å². The maximum Gasteiger partial charge on any atom is 0.253 e. The molecule has 1 fully saturated rings. The van der Waals surface area contributed by atoms with Crippen LogP contribution in [0.5, 0.6) is 0 Å². The number of carbonyl (C=O) groups is 5. The Kier molecular flexibility index (Phi) is 10.8. The fourth-order valence-electron chi connectivity index (χ4n) is 4.02. The fourth-order valence-corrected chi connectivity index (χ4v) is 4.02. The van der Waals surface area contributed by atoms with Crippen molar-refractivity contribution >= 4 is 29.9 Å². The lowest BCUT2D eigenvalue weighted by atomic mass is 9.91. The number of carbonyl (C=O) groups excluding carboxylic acids is 5. The smallest absolute Gasteiger partial charge is 0.253 e. The Balaban J connectivity index is 2.07. The molecule has 2 rings (SSSR count). The van der Waals surface area contributed by atoms with Gasteiger partial charge in [-0.1, -0.05) is 27.7 Å². The van der Waals surface area contributed by atoms with Crippen LogP contribution in [0, 0.1) is 17.8 Å². The molecule has 10 nitrogen and oxygen atoms in total. The molecule has 4 amide bonds. The molecule has 35 heavy (non-hydrogen) atoms. The molecule has 4 atom stereocenters. The van der Waals surface area contributed by atoms with E-state index in [2.05, 4.69) is 26.3 Å². The molecule has 192 valence electrons. The molecule has 1 aliphatic heterocycles. The van der Waals surface area contributed by atoms with Crippen LogP contribution in [0.4, 0.5) is 0 Å². The molecule has 0 spiro atoms. The van der Waals surface area contributed by atoms with Crippen LogP contribution in [0.15, 0.2) is 24.5 Å². The highest BCUT2D eigenvalue weighted by atomic mass is 16.2. The molecule has 0 aromatic carbocycles. The Hall–Kier alpha value is -3.30. The van der Waals surface area contributed by atoms with Gasteiger partial charge in [0.15, 0.2) is 0 Å². The summed E-state index contributed by atoms with van der Waals surface area (Å²) in [5.41, 5.74) is 0.322. The lowest BCUT2D eigenvalue weighted by molar-refractivity contribution is -0.132. The second-order valence-corrected chi connectivity index (χ2v) is 9.74. The number of nitrogens with zero attached hydrogens (tertiary/aromatic N) is 1. The van der Waals surface area contributed by atoms with Crippen LogP contribution in [0.25, 0.3) is 0 Å². The number of aldehydes is 1. The number of aromatic nitrogens is 1. The number of rotatable bonds is 12. The summed E-state index contributed by atoms with van der Waals surface area (Å²) in [6.45, 7) is 8.04. The number of hydrogen-bond acceptors (Lipinski definition) is 6. The standard InChI is InChI=1S/C25H37N5O5/c1-15(2)11-20(24(34)28-19(14-31)12-17-7-6-10-27-22(17)32)29-25(35)21(16(3)4)30-23(33)18-8-5-9-26-13-18/h5,8-9,13-17,19-21H,6-7,10-12H2,1-4H3,(H,27,32)(H,28,34)(H,29,35)(H,30,33)/t17-,19-,20-,21-/m0/s1. The van der Waals surface area contributed by atoms with E-state index < -0.39 is 35.8 Å². The molecule has 4 N–H and O–H groups in total. The minimum atomic E-state index is -0.901. The minimum Gasteiger partial charge on any atom is -0.356 e. The van der Waals surface area contributed by atoms with E-state index in [1.807, 2.05) is 13.8 Å². The van der Waals surface area contributed by atoms with Gasteiger partial charge in [-0.15, -0.1) is 0 Å². The third kappa shape index (κ3) is 8.77. The van der Waals surface area contributed by atoms with Gasteiger partial charge in [0, 0.05) is 24.9 Å². The lowest BCUT2D eigenvalue weighted by Gasteiger charge is -2.28. The van der Waals surface area contributed by atoms with Crippen molar-refractivity contribution in [2.45, 2.75) is 71.5 Å². The van der Waals surface area contributed by atoms with Crippen molar-refractivity contribution in [3.05, 3.63) is 30.1 Å². The predicted molar refractivity (Wildman–Crippen MR) is 130 cm³/mol. The van der Waals surface area contributed by atoms with Crippen LogP contribution < -0.4 is 21.3 Å². The summed E-state index contributed by atoms with van der Waals surface area (Å²) in [6, 6.07) is 0.607. The van der Waals surface area contributed by atoms with E-state index in [9.17, 15) is 24.0 Å². The van der Waals surface area contributed by atoms with Gasteiger partial charge in [0.25, 0.3) is 5.91 Å². The Bertz CT molecular complexity index is 889. The van der Waals surface area contributed by atoms with Crippen molar-refractivity contribution < 1.29 is 24.0 Å². The average Bonchev–Trinajstić information content (AvgIpc) is 2.82. The molecule has 0 aliphatic carbocycles. The van der Waals surface area contributed by atoms with Gasteiger partial charge in [-0.2, -0.15) is 0 Å². The molecular weight excluding hydrogens is 450 g/mol. The van der Waals surface area contributed by atoms with Crippen molar-refractivity contribution in [3.63, 3.8) is 0 Å². The highest BCUT2D eigenvalue weighted by Gasteiger charge is 2.31. The zero-order chi connectivity index (χ0) is 26.0. The first-order valence-electron chi connectivity index (χ1n) is 12.2. The van der Waals surface area contributed by atoms with Crippen LogP contribution >= 0.6 is 0 Å². The van der Waals surface area contributed by atoms with E-state index in [1.54, 1.807) is 32.2 Å². The first-order valence-corrected chi connectivity index (χ1v) is 12.2. The van der Waals surface area contributed by atoms with Crippen LogP contribution in [-0.4, -0.2) is 59.6 Å². The molecule has 1 aromatic rings. The Labute approximate surface area is 206 Å². The van der Waals surface area contributed by atoms with Gasteiger partial charge in [0.1, 0.15) is 18.4 Å². The van der Waals surface area contributed by atoms with Crippen molar-refractivity contribution in [1.82, 2.24) is 26.3 Å². The largest absolute Gasteiger partial charge is 0.356 e. The summed E-state index contributed by atoms with van der Waals surface area (Å²) in [6.07, 6.45) is 5.61. The normalized spacial score (nSPS) is 18.2. The Morgan fingerprint density at radius 1 is 1.14 bits per heavy atom. The first-order chi connectivity index (χ1) is 16.6. The lowest BCUT2D eigenvalue weighted by Crippen LogP contribution is -2.57. The van der Waals surface area contributed by atoms with E-state index in [0.717, 1.165) is 6.42 Å². The molecule has 0 unspecified atom stereocenters. The summed E-state index contributed by atoms with van der Waals surface area (Å²) in [4.78, 5) is 66.4. The van der Waals surface area contributed by atoms with Gasteiger partial charge in [0.05, 0.1) is 11.6 Å². The number of nitrogens with one attached hydrogen (secondary N) is 4. The molecule has 1 aromatic heterocycles. The zero-order valence-electron chi connectivity index (χ0n) is 20.9. The van der Waals surface area contributed by atoms with Crippen LogP contribution in [-0.2, 0) is 19.2 Å². The highest BCUT2D eigenvalue weighted by molar-refractivity contribution is 5.98. The molecule has 0 radical (unpaired) electrons. The first kappa shape index (κ1) is 27.9. The maximum absolute atomic E-state index is 13.1. The number of pyridine rings is 1. The molecule has 10 heteroatoms. The summed E-state index contributed by atoms with van der Waals surface area (Å²) in [7, 11) is 0. The highest BCUT2D eigenvalue weighted by Crippen LogP contribution is 2.17. The predicted octanol–water partition coefficient (Wildman–Crippen LogP) is 0.967. The third-order valence-electron chi connectivity index (χ3n) is 5.93. The molecule has 0 bridgehead atoms. The average molecular weight is 488 g/mol. The second kappa shape index (κ2) is 13.6. The van der Waals surface area contributed by atoms with Crippen LogP contribution in [0.1, 0.15) is 63.7 Å². The topological polar surface area (TPSA) is 146 Å². The van der Waals surface area contributed by atoms with Gasteiger partial charge in [0.2, 0.25) is 17.7 Å². The van der Waals surface area contributed by atoms with Crippen molar-refractivity contribution in [2.75, 3.05) is 6.54 Å². The molecular formula is C25H37N5O5. The Morgan fingerprint density at radius 3 is 2.46 bits per heavy atom. The number of amides is 4. The van der Waals surface area contributed by atoms with Gasteiger partial charge in [-0.25, -0.2) is 0 Å².